The standard InChI is InChI=1S/C28H37N5O3S/c1-28(2,3)37(35,36)20-22-7-5-6-21(16-22)17-26-23(19-34)18-29-27(31-26)30-24-8-10-25(11-9-24)33-14-12-32(4)13-15-33/h5-11,16,18,34H,12-15,17,19-20H2,1-4H3,(H,29,30,31). The van der Waals surface area contributed by atoms with E-state index in [2.05, 4.69) is 44.3 Å². The molecule has 1 aliphatic heterocycles. The predicted octanol–water partition coefficient (Wildman–Crippen LogP) is 3.77. The first-order valence-electron chi connectivity index (χ1n) is 12.6. The van der Waals surface area contributed by atoms with E-state index in [1.165, 1.54) is 5.69 Å². The molecule has 198 valence electrons. The Bertz CT molecular complexity index is 1310. The number of piperazine rings is 1. The zero-order valence-electron chi connectivity index (χ0n) is 22.1. The molecule has 8 nitrogen and oxygen atoms in total. The summed E-state index contributed by atoms with van der Waals surface area (Å²) in [5.41, 5.74) is 5.09. The number of aromatic nitrogens is 2. The van der Waals surface area contributed by atoms with Crippen molar-refractivity contribution in [2.45, 2.75) is 44.3 Å². The lowest BCUT2D eigenvalue weighted by molar-refractivity contribution is 0.279. The maximum atomic E-state index is 12.7. The largest absolute Gasteiger partial charge is 0.392 e. The summed E-state index contributed by atoms with van der Waals surface area (Å²) >= 11 is 0. The van der Waals surface area contributed by atoms with Crippen molar-refractivity contribution in [3.05, 3.63) is 77.1 Å². The Morgan fingerprint density at radius 1 is 1.00 bits per heavy atom. The van der Waals surface area contributed by atoms with Crippen LogP contribution in [-0.2, 0) is 28.6 Å². The van der Waals surface area contributed by atoms with Gasteiger partial charge < -0.3 is 20.2 Å². The number of rotatable bonds is 8. The van der Waals surface area contributed by atoms with Crippen LogP contribution in [0.15, 0.2) is 54.7 Å². The average Bonchev–Trinajstić information content (AvgIpc) is 2.85. The van der Waals surface area contributed by atoms with Crippen LogP contribution in [0, 0.1) is 0 Å². The van der Waals surface area contributed by atoms with Crippen LogP contribution in [0.2, 0.25) is 0 Å². The molecule has 2 N–H and O–H groups in total. The Kier molecular flexibility index (Phi) is 8.16. The number of hydrogen-bond acceptors (Lipinski definition) is 8. The van der Waals surface area contributed by atoms with Crippen molar-refractivity contribution in [1.82, 2.24) is 14.9 Å². The molecule has 0 spiro atoms. The van der Waals surface area contributed by atoms with Gasteiger partial charge in [0.2, 0.25) is 5.95 Å². The summed E-state index contributed by atoms with van der Waals surface area (Å²) in [5.74, 6) is 0.434. The van der Waals surface area contributed by atoms with E-state index >= 15 is 0 Å². The van der Waals surface area contributed by atoms with Crippen LogP contribution < -0.4 is 10.2 Å². The van der Waals surface area contributed by atoms with Crippen molar-refractivity contribution < 1.29 is 13.5 Å². The van der Waals surface area contributed by atoms with Crippen LogP contribution in [-0.4, -0.2) is 66.4 Å². The monoisotopic (exact) mass is 523 g/mol. The molecule has 0 saturated carbocycles. The van der Waals surface area contributed by atoms with Crippen LogP contribution in [0.3, 0.4) is 0 Å². The van der Waals surface area contributed by atoms with Gasteiger partial charge in [0, 0.05) is 55.7 Å². The number of aliphatic hydroxyl groups is 1. The molecule has 9 heteroatoms. The highest BCUT2D eigenvalue weighted by atomic mass is 32.2. The summed E-state index contributed by atoms with van der Waals surface area (Å²) < 4.78 is 24.5. The van der Waals surface area contributed by atoms with Gasteiger partial charge in [-0.05, 0) is 63.2 Å². The van der Waals surface area contributed by atoms with Crippen molar-refractivity contribution in [3.8, 4) is 0 Å². The summed E-state index contributed by atoms with van der Waals surface area (Å²) in [4.78, 5) is 13.8. The second-order valence-corrected chi connectivity index (χ2v) is 13.4. The first kappa shape index (κ1) is 27.0. The first-order chi connectivity index (χ1) is 17.5. The van der Waals surface area contributed by atoms with E-state index in [9.17, 15) is 13.5 Å². The maximum absolute atomic E-state index is 12.7. The Balaban J connectivity index is 1.48. The van der Waals surface area contributed by atoms with Crippen molar-refractivity contribution in [3.63, 3.8) is 0 Å². The molecule has 4 rings (SSSR count). The van der Waals surface area contributed by atoms with Gasteiger partial charge in [0.25, 0.3) is 0 Å². The third-order valence-electron chi connectivity index (χ3n) is 6.77. The van der Waals surface area contributed by atoms with E-state index in [0.29, 0.717) is 23.6 Å². The minimum Gasteiger partial charge on any atom is -0.392 e. The van der Waals surface area contributed by atoms with Crippen LogP contribution in [0.25, 0.3) is 0 Å². The molecule has 3 aromatic rings. The quantitative estimate of drug-likeness (QED) is 0.461. The SMILES string of the molecule is CN1CCN(c2ccc(Nc3ncc(CO)c(Cc4cccc(CS(=O)(=O)C(C)(C)C)c4)n3)cc2)CC1. The lowest BCUT2D eigenvalue weighted by atomic mass is 10.0. The molecule has 0 aliphatic carbocycles. The number of anilines is 3. The molecule has 1 fully saturated rings. The second-order valence-electron chi connectivity index (χ2n) is 10.7. The van der Waals surface area contributed by atoms with E-state index in [-0.39, 0.29) is 12.4 Å². The van der Waals surface area contributed by atoms with Crippen LogP contribution in [0.1, 0.15) is 43.2 Å². The van der Waals surface area contributed by atoms with Crippen molar-refractivity contribution in [2.75, 3.05) is 43.4 Å². The summed E-state index contributed by atoms with van der Waals surface area (Å²) in [6, 6.07) is 15.8. The topological polar surface area (TPSA) is 98.7 Å². The van der Waals surface area contributed by atoms with Crippen LogP contribution >= 0.6 is 0 Å². The molecule has 2 heterocycles. The van der Waals surface area contributed by atoms with Gasteiger partial charge in [-0.15, -0.1) is 0 Å². The minimum atomic E-state index is -3.29. The van der Waals surface area contributed by atoms with E-state index in [0.717, 1.165) is 43.0 Å². The number of aliphatic hydroxyl groups excluding tert-OH is 1. The highest BCUT2D eigenvalue weighted by Crippen LogP contribution is 2.24. The number of sulfone groups is 1. The second kappa shape index (κ2) is 11.2. The number of nitrogens with one attached hydrogen (secondary N) is 1. The third-order valence-corrected chi connectivity index (χ3v) is 9.35. The smallest absolute Gasteiger partial charge is 0.227 e. The highest BCUT2D eigenvalue weighted by molar-refractivity contribution is 7.91. The molecular formula is C28H37N5O3S. The third kappa shape index (κ3) is 6.85. The van der Waals surface area contributed by atoms with Gasteiger partial charge in [0.1, 0.15) is 0 Å². The Hall–Kier alpha value is -3.01. The Morgan fingerprint density at radius 2 is 1.68 bits per heavy atom. The Labute approximate surface area is 220 Å². The lowest BCUT2D eigenvalue weighted by Crippen LogP contribution is -2.44. The van der Waals surface area contributed by atoms with Gasteiger partial charge in [0.15, 0.2) is 9.84 Å². The average molecular weight is 524 g/mol. The van der Waals surface area contributed by atoms with Crippen LogP contribution in [0.4, 0.5) is 17.3 Å². The van der Waals surface area contributed by atoms with Gasteiger partial charge in [-0.2, -0.15) is 0 Å². The molecule has 0 radical (unpaired) electrons. The first-order valence-corrected chi connectivity index (χ1v) is 14.3. The van der Waals surface area contributed by atoms with Gasteiger partial charge in [-0.25, -0.2) is 18.4 Å². The fourth-order valence-corrected chi connectivity index (χ4v) is 5.25. The zero-order chi connectivity index (χ0) is 26.6. The van der Waals surface area contributed by atoms with Gasteiger partial charge in [-0.1, -0.05) is 24.3 Å². The minimum absolute atomic E-state index is 0.0160. The summed E-state index contributed by atoms with van der Waals surface area (Å²) in [5, 5.41) is 13.1. The summed E-state index contributed by atoms with van der Waals surface area (Å²) in [6.07, 6.45) is 2.09. The van der Waals surface area contributed by atoms with Gasteiger partial charge >= 0.3 is 0 Å². The van der Waals surface area contributed by atoms with Crippen LogP contribution in [0.5, 0.6) is 0 Å². The molecule has 0 amide bonds. The molecule has 1 aromatic heterocycles. The van der Waals surface area contributed by atoms with E-state index in [1.807, 2.05) is 36.4 Å². The highest BCUT2D eigenvalue weighted by Gasteiger charge is 2.29. The number of likely N-dealkylation sites (N-methyl/N-ethyl adjacent to an activating group) is 1. The number of hydrogen-bond donors (Lipinski definition) is 2. The molecule has 2 aromatic carbocycles. The van der Waals surface area contributed by atoms with Crippen molar-refractivity contribution in [1.29, 1.82) is 0 Å². The molecule has 0 unspecified atom stereocenters. The van der Waals surface area contributed by atoms with Crippen molar-refractivity contribution in [2.24, 2.45) is 0 Å². The molecule has 0 atom stereocenters. The zero-order valence-corrected chi connectivity index (χ0v) is 22.9. The predicted molar refractivity (Wildman–Crippen MR) is 149 cm³/mol. The van der Waals surface area contributed by atoms with E-state index < -0.39 is 14.6 Å². The molecule has 0 bridgehead atoms. The fraction of sp³-hybridized carbons (Fsp3) is 0.429. The van der Waals surface area contributed by atoms with E-state index in [1.54, 1.807) is 27.0 Å². The maximum Gasteiger partial charge on any atom is 0.227 e. The van der Waals surface area contributed by atoms with Crippen molar-refractivity contribution >= 4 is 27.2 Å². The molecular weight excluding hydrogens is 486 g/mol. The summed E-state index contributed by atoms with van der Waals surface area (Å²) in [6.45, 7) is 9.13. The normalized spacial score (nSPS) is 15.1. The molecule has 1 aliphatic rings. The van der Waals surface area contributed by atoms with Gasteiger partial charge in [0.05, 0.1) is 22.8 Å². The molecule has 1 saturated heterocycles. The van der Waals surface area contributed by atoms with E-state index in [4.69, 9.17) is 0 Å². The number of nitrogens with zero attached hydrogens (tertiary/aromatic N) is 4. The fourth-order valence-electron chi connectivity index (χ4n) is 4.20. The van der Waals surface area contributed by atoms with Gasteiger partial charge in [-0.3, -0.25) is 0 Å². The summed E-state index contributed by atoms with van der Waals surface area (Å²) in [7, 11) is -1.14. The Morgan fingerprint density at radius 3 is 2.32 bits per heavy atom. The molecule has 37 heavy (non-hydrogen) atoms. The number of benzene rings is 2. The lowest BCUT2D eigenvalue weighted by Gasteiger charge is -2.34.